The molecule has 0 saturated heterocycles. The van der Waals surface area contributed by atoms with Gasteiger partial charge in [0.15, 0.2) is 5.65 Å². The van der Waals surface area contributed by atoms with Crippen molar-refractivity contribution in [3.05, 3.63) is 45.3 Å². The van der Waals surface area contributed by atoms with Crippen LogP contribution < -0.4 is 10.9 Å². The van der Waals surface area contributed by atoms with Gasteiger partial charge in [0.05, 0.1) is 18.6 Å². The van der Waals surface area contributed by atoms with Gasteiger partial charge in [0.25, 0.3) is 5.56 Å². The van der Waals surface area contributed by atoms with E-state index in [1.165, 1.54) is 17.2 Å². The van der Waals surface area contributed by atoms with E-state index >= 15 is 0 Å². The molecule has 24 heavy (non-hydrogen) atoms. The van der Waals surface area contributed by atoms with Crippen molar-refractivity contribution >= 4 is 28.3 Å². The largest absolute Gasteiger partial charge is 0.346 e. The molecule has 3 aromatic rings. The van der Waals surface area contributed by atoms with E-state index in [-0.39, 0.29) is 29.5 Å². The number of H-pyrrole nitrogens is 1. The summed E-state index contributed by atoms with van der Waals surface area (Å²) in [6.45, 7) is 6.27. The lowest BCUT2D eigenvalue weighted by Crippen LogP contribution is -2.38. The summed E-state index contributed by atoms with van der Waals surface area (Å²) < 4.78 is 1.44. The first-order valence-electron chi connectivity index (χ1n) is 7.58. The lowest BCUT2D eigenvalue weighted by molar-refractivity contribution is -0.123. The van der Waals surface area contributed by atoms with Crippen molar-refractivity contribution < 1.29 is 4.79 Å². The summed E-state index contributed by atoms with van der Waals surface area (Å²) in [5.41, 5.74) is 0.0115. The highest BCUT2D eigenvalue weighted by Crippen LogP contribution is 2.35. The molecule has 1 amide bonds. The number of rotatable bonds is 4. The fourth-order valence-corrected chi connectivity index (χ4v) is 3.55. The molecule has 7 nitrogen and oxygen atoms in total. The maximum Gasteiger partial charge on any atom is 0.261 e. The van der Waals surface area contributed by atoms with Crippen molar-refractivity contribution in [2.24, 2.45) is 5.41 Å². The number of aromatic nitrogens is 4. The van der Waals surface area contributed by atoms with Gasteiger partial charge in [-0.2, -0.15) is 5.10 Å². The normalized spacial score (nSPS) is 13.1. The van der Waals surface area contributed by atoms with Crippen molar-refractivity contribution in [2.75, 3.05) is 0 Å². The first-order chi connectivity index (χ1) is 11.4. The highest BCUT2D eigenvalue weighted by Gasteiger charge is 2.28. The molecule has 0 aliphatic heterocycles. The lowest BCUT2D eigenvalue weighted by atomic mass is 9.86. The van der Waals surface area contributed by atoms with Crippen LogP contribution in [0.15, 0.2) is 34.8 Å². The number of carbonyl (C=O) groups is 1. The number of fused-ring (bicyclic) bond motifs is 1. The predicted molar refractivity (Wildman–Crippen MR) is 92.8 cm³/mol. The molecule has 8 heteroatoms. The first-order valence-corrected chi connectivity index (χ1v) is 8.46. The Balaban J connectivity index is 1.81. The van der Waals surface area contributed by atoms with Gasteiger partial charge in [0, 0.05) is 4.88 Å². The number of hydrogen-bond acceptors (Lipinski definition) is 5. The molecule has 3 aromatic heterocycles. The molecule has 0 aliphatic carbocycles. The topological polar surface area (TPSA) is 92.7 Å². The second kappa shape index (κ2) is 6.20. The highest BCUT2D eigenvalue weighted by molar-refractivity contribution is 7.10. The molecular formula is C16H19N5O2S. The molecule has 0 radical (unpaired) electrons. The standard InChI is InChI=1S/C16H19N5O2S/c1-16(2,3)13(11-5-4-6-24-11)20-12(22)8-21-14-10(7-19-21)15(23)18-9-17-14/h4-7,9,13H,8H2,1-3H3,(H,20,22)(H,17,18,23). The average molecular weight is 345 g/mol. The van der Waals surface area contributed by atoms with Crippen molar-refractivity contribution in [2.45, 2.75) is 33.4 Å². The second-order valence-electron chi connectivity index (χ2n) is 6.65. The molecule has 126 valence electrons. The van der Waals surface area contributed by atoms with Crippen LogP contribution in [0.5, 0.6) is 0 Å². The van der Waals surface area contributed by atoms with E-state index in [1.54, 1.807) is 11.3 Å². The summed E-state index contributed by atoms with van der Waals surface area (Å²) in [6.07, 6.45) is 2.74. The molecule has 1 unspecified atom stereocenters. The Kier molecular flexibility index (Phi) is 4.23. The highest BCUT2D eigenvalue weighted by atomic mass is 32.1. The van der Waals surface area contributed by atoms with Crippen molar-refractivity contribution in [3.63, 3.8) is 0 Å². The Morgan fingerprint density at radius 2 is 2.25 bits per heavy atom. The van der Waals surface area contributed by atoms with Crippen LogP contribution in [0.2, 0.25) is 0 Å². The molecule has 0 aromatic carbocycles. The van der Waals surface area contributed by atoms with Crippen LogP contribution in [0.4, 0.5) is 0 Å². The van der Waals surface area contributed by atoms with Crippen LogP contribution in [0.25, 0.3) is 11.0 Å². The second-order valence-corrected chi connectivity index (χ2v) is 7.63. The molecule has 0 saturated carbocycles. The molecule has 3 rings (SSSR count). The van der Waals surface area contributed by atoms with Crippen molar-refractivity contribution in [1.82, 2.24) is 25.1 Å². The number of aromatic amines is 1. The summed E-state index contributed by atoms with van der Waals surface area (Å²) in [7, 11) is 0. The van der Waals surface area contributed by atoms with Crippen LogP contribution in [0, 0.1) is 5.41 Å². The quantitative estimate of drug-likeness (QED) is 0.757. The van der Waals surface area contributed by atoms with Crippen LogP contribution in [0.3, 0.4) is 0 Å². The minimum absolute atomic E-state index is 0.0118. The summed E-state index contributed by atoms with van der Waals surface area (Å²) in [5.74, 6) is -0.171. The Morgan fingerprint density at radius 3 is 2.92 bits per heavy atom. The van der Waals surface area contributed by atoms with E-state index in [1.807, 2.05) is 17.5 Å². The number of hydrogen-bond donors (Lipinski definition) is 2. The maximum absolute atomic E-state index is 12.5. The molecular weight excluding hydrogens is 326 g/mol. The number of thiophene rings is 1. The SMILES string of the molecule is CC(C)(C)C(NC(=O)Cn1ncc2c(=O)[nH]cnc21)c1cccs1. The molecule has 1 atom stereocenters. The van der Waals surface area contributed by atoms with E-state index in [9.17, 15) is 9.59 Å². The molecule has 0 aliphatic rings. The summed E-state index contributed by atoms with van der Waals surface area (Å²) in [5, 5.41) is 9.55. The Hall–Kier alpha value is -2.48. The van der Waals surface area contributed by atoms with Gasteiger partial charge in [0.2, 0.25) is 5.91 Å². The van der Waals surface area contributed by atoms with Crippen LogP contribution in [0.1, 0.15) is 31.7 Å². The zero-order valence-corrected chi connectivity index (χ0v) is 14.6. The van der Waals surface area contributed by atoms with Gasteiger partial charge in [0.1, 0.15) is 11.9 Å². The van der Waals surface area contributed by atoms with Crippen molar-refractivity contribution in [1.29, 1.82) is 0 Å². The zero-order chi connectivity index (χ0) is 17.3. The van der Waals surface area contributed by atoms with Crippen molar-refractivity contribution in [3.8, 4) is 0 Å². The van der Waals surface area contributed by atoms with E-state index in [2.05, 4.69) is 41.2 Å². The van der Waals surface area contributed by atoms with Gasteiger partial charge in [-0.25, -0.2) is 9.67 Å². The lowest BCUT2D eigenvalue weighted by Gasteiger charge is -2.30. The summed E-state index contributed by atoms with van der Waals surface area (Å²) in [4.78, 5) is 31.9. The molecule has 0 fully saturated rings. The predicted octanol–water partition coefficient (Wildman–Crippen LogP) is 2.08. The van der Waals surface area contributed by atoms with Crippen LogP contribution in [-0.4, -0.2) is 25.7 Å². The van der Waals surface area contributed by atoms with E-state index in [0.717, 1.165) is 4.88 Å². The van der Waals surface area contributed by atoms with Crippen LogP contribution >= 0.6 is 11.3 Å². The van der Waals surface area contributed by atoms with Gasteiger partial charge in [-0.1, -0.05) is 26.8 Å². The van der Waals surface area contributed by atoms with Gasteiger partial charge in [-0.15, -0.1) is 11.3 Å². The Labute approximate surface area is 142 Å². The third-order valence-corrected chi connectivity index (χ3v) is 4.67. The van der Waals surface area contributed by atoms with Crippen LogP contribution in [-0.2, 0) is 11.3 Å². The van der Waals surface area contributed by atoms with Gasteiger partial charge >= 0.3 is 0 Å². The monoisotopic (exact) mass is 345 g/mol. The average Bonchev–Trinajstić information content (AvgIpc) is 3.15. The fraction of sp³-hybridized carbons (Fsp3) is 0.375. The molecule has 0 bridgehead atoms. The number of carbonyl (C=O) groups excluding carboxylic acids is 1. The summed E-state index contributed by atoms with van der Waals surface area (Å²) >= 11 is 1.62. The Morgan fingerprint density at radius 1 is 1.46 bits per heavy atom. The minimum Gasteiger partial charge on any atom is -0.346 e. The van der Waals surface area contributed by atoms with E-state index in [0.29, 0.717) is 11.0 Å². The Bertz CT molecular complexity index is 905. The third-order valence-electron chi connectivity index (χ3n) is 3.73. The van der Waals surface area contributed by atoms with E-state index in [4.69, 9.17) is 0 Å². The van der Waals surface area contributed by atoms with Gasteiger partial charge in [-0.05, 0) is 16.9 Å². The third kappa shape index (κ3) is 3.23. The smallest absolute Gasteiger partial charge is 0.261 e. The van der Waals surface area contributed by atoms with Gasteiger partial charge < -0.3 is 10.3 Å². The zero-order valence-electron chi connectivity index (χ0n) is 13.7. The minimum atomic E-state index is -0.266. The molecule has 2 N–H and O–H groups in total. The number of amides is 1. The molecule has 0 spiro atoms. The first kappa shape index (κ1) is 16.4. The number of nitrogens with zero attached hydrogens (tertiary/aromatic N) is 3. The molecule has 3 heterocycles. The number of nitrogens with one attached hydrogen (secondary N) is 2. The van der Waals surface area contributed by atoms with E-state index < -0.39 is 0 Å². The fourth-order valence-electron chi connectivity index (χ4n) is 2.53. The van der Waals surface area contributed by atoms with Gasteiger partial charge in [-0.3, -0.25) is 9.59 Å². The summed E-state index contributed by atoms with van der Waals surface area (Å²) in [6, 6.07) is 3.90. The maximum atomic E-state index is 12.5.